The molecule has 12 heavy (non-hydrogen) atoms. The average Bonchev–Trinajstić information content (AvgIpc) is 2.50. The molecule has 0 spiro atoms. The monoisotopic (exact) mass is 186 g/mol. The Morgan fingerprint density at radius 2 is 2.42 bits per heavy atom. The zero-order chi connectivity index (χ0) is 9.14. The summed E-state index contributed by atoms with van der Waals surface area (Å²) in [7, 11) is 0. The normalized spacial score (nSPS) is 10.7. The number of Topliss-reactive ketones (excluding diaryl/α,β-unsaturated/α-hetero) is 1. The minimum absolute atomic E-state index is 0.0102. The number of aromatic nitrogens is 2. The highest BCUT2D eigenvalue weighted by Gasteiger charge is 2.12. The molecule has 0 unspecified atom stereocenters. The van der Waals surface area contributed by atoms with Crippen molar-refractivity contribution < 1.29 is 4.79 Å². The predicted octanol–water partition coefficient (Wildman–Crippen LogP) is 1.89. The Labute approximate surface area is 76.4 Å². The summed E-state index contributed by atoms with van der Waals surface area (Å²) < 4.78 is 1.81. The van der Waals surface area contributed by atoms with E-state index in [0.717, 1.165) is 0 Å². The van der Waals surface area contributed by atoms with E-state index < -0.39 is 0 Å². The minimum atomic E-state index is -0.129. The van der Waals surface area contributed by atoms with E-state index in [1.54, 1.807) is 12.4 Å². The summed E-state index contributed by atoms with van der Waals surface area (Å²) in [4.78, 5) is 15.1. The number of alkyl halides is 1. The van der Waals surface area contributed by atoms with Crippen molar-refractivity contribution >= 4 is 17.4 Å². The lowest BCUT2D eigenvalue weighted by molar-refractivity contribution is 0.100. The largest absolute Gasteiger partial charge is 0.326 e. The van der Waals surface area contributed by atoms with E-state index in [1.807, 2.05) is 18.4 Å². The summed E-state index contributed by atoms with van der Waals surface area (Å²) in [5, 5.41) is 0. The van der Waals surface area contributed by atoms with Crippen molar-refractivity contribution in [1.82, 2.24) is 9.55 Å². The van der Waals surface area contributed by atoms with E-state index in [1.165, 1.54) is 0 Å². The summed E-state index contributed by atoms with van der Waals surface area (Å²) in [5.74, 6) is 0.305. The van der Waals surface area contributed by atoms with Crippen molar-refractivity contribution in [2.75, 3.05) is 5.88 Å². The van der Waals surface area contributed by atoms with Crippen molar-refractivity contribution in [1.29, 1.82) is 0 Å². The van der Waals surface area contributed by atoms with E-state index >= 15 is 0 Å². The van der Waals surface area contributed by atoms with Gasteiger partial charge in [-0.15, -0.1) is 11.6 Å². The molecule has 1 heterocycles. The van der Waals surface area contributed by atoms with Crippen LogP contribution in [0.2, 0.25) is 0 Å². The van der Waals surface area contributed by atoms with Crippen LogP contribution in [0.15, 0.2) is 12.4 Å². The SMILES string of the molecule is CC(C)n1ccnc1C(=O)CCl. The number of ketones is 1. The number of halogens is 1. The second kappa shape index (κ2) is 3.72. The van der Waals surface area contributed by atoms with Crippen LogP contribution in [0.1, 0.15) is 30.5 Å². The van der Waals surface area contributed by atoms with E-state index in [9.17, 15) is 4.79 Å². The number of hydrogen-bond donors (Lipinski definition) is 0. The standard InChI is InChI=1S/C8H11ClN2O/c1-6(2)11-4-3-10-8(11)7(12)5-9/h3-4,6H,5H2,1-2H3. The number of rotatable bonds is 3. The summed E-state index contributed by atoms with van der Waals surface area (Å²) in [6, 6.07) is 0.245. The molecule has 0 aromatic carbocycles. The van der Waals surface area contributed by atoms with Crippen LogP contribution in [0.25, 0.3) is 0 Å². The Bertz CT molecular complexity index is 280. The fourth-order valence-corrected chi connectivity index (χ4v) is 1.12. The number of carbonyl (C=O) groups is 1. The maximum absolute atomic E-state index is 11.2. The third kappa shape index (κ3) is 1.67. The summed E-state index contributed by atoms with van der Waals surface area (Å²) in [6.45, 7) is 3.99. The van der Waals surface area contributed by atoms with Crippen molar-refractivity contribution in [3.05, 3.63) is 18.2 Å². The van der Waals surface area contributed by atoms with Crippen molar-refractivity contribution in [2.24, 2.45) is 0 Å². The maximum Gasteiger partial charge on any atom is 0.212 e. The fourth-order valence-electron chi connectivity index (χ4n) is 1.01. The predicted molar refractivity (Wildman–Crippen MR) is 47.7 cm³/mol. The van der Waals surface area contributed by atoms with E-state index in [4.69, 9.17) is 11.6 Å². The first kappa shape index (κ1) is 9.26. The molecule has 1 aromatic heterocycles. The van der Waals surface area contributed by atoms with Gasteiger partial charge >= 0.3 is 0 Å². The molecule has 0 aliphatic heterocycles. The average molecular weight is 187 g/mol. The molecule has 66 valence electrons. The van der Waals surface area contributed by atoms with Crippen LogP contribution in [0.4, 0.5) is 0 Å². The van der Waals surface area contributed by atoms with Gasteiger partial charge in [0.1, 0.15) is 0 Å². The molecule has 0 radical (unpaired) electrons. The first-order valence-corrected chi connectivity index (χ1v) is 4.32. The lowest BCUT2D eigenvalue weighted by atomic mass is 10.3. The maximum atomic E-state index is 11.2. The Morgan fingerprint density at radius 3 is 2.92 bits per heavy atom. The lowest BCUT2D eigenvalue weighted by Gasteiger charge is -2.08. The van der Waals surface area contributed by atoms with E-state index in [0.29, 0.717) is 5.82 Å². The first-order valence-electron chi connectivity index (χ1n) is 3.78. The molecule has 0 aliphatic rings. The highest BCUT2D eigenvalue weighted by atomic mass is 35.5. The van der Waals surface area contributed by atoms with Crippen LogP contribution in [0, 0.1) is 0 Å². The molecule has 0 saturated carbocycles. The van der Waals surface area contributed by atoms with Gasteiger partial charge in [-0.3, -0.25) is 4.79 Å². The third-order valence-electron chi connectivity index (χ3n) is 1.60. The Balaban J connectivity index is 2.99. The molecule has 1 rings (SSSR count). The third-order valence-corrected chi connectivity index (χ3v) is 1.84. The fraction of sp³-hybridized carbons (Fsp3) is 0.500. The highest BCUT2D eigenvalue weighted by Crippen LogP contribution is 2.08. The molecule has 4 heteroatoms. The van der Waals surface area contributed by atoms with Gasteiger partial charge in [-0.2, -0.15) is 0 Å². The molecule has 0 saturated heterocycles. The van der Waals surface area contributed by atoms with Crippen LogP contribution in [0.5, 0.6) is 0 Å². The number of nitrogens with zero attached hydrogens (tertiary/aromatic N) is 2. The molecule has 0 N–H and O–H groups in total. The molecule has 0 fully saturated rings. The summed E-state index contributed by atoms with van der Waals surface area (Å²) >= 11 is 5.42. The second-order valence-corrected chi connectivity index (χ2v) is 3.08. The van der Waals surface area contributed by atoms with Crippen LogP contribution in [0.3, 0.4) is 0 Å². The first-order chi connectivity index (χ1) is 5.66. The molecule has 0 atom stereocenters. The van der Waals surface area contributed by atoms with E-state index in [-0.39, 0.29) is 17.7 Å². The Hall–Kier alpha value is -0.830. The molecular weight excluding hydrogens is 176 g/mol. The van der Waals surface area contributed by atoms with Gasteiger partial charge < -0.3 is 4.57 Å². The summed E-state index contributed by atoms with van der Waals surface area (Å²) in [5.41, 5.74) is 0. The lowest BCUT2D eigenvalue weighted by Crippen LogP contribution is -2.12. The van der Waals surface area contributed by atoms with Gasteiger partial charge in [0, 0.05) is 18.4 Å². The van der Waals surface area contributed by atoms with Gasteiger partial charge in [-0.05, 0) is 13.8 Å². The molecule has 3 nitrogen and oxygen atoms in total. The number of imidazole rings is 1. The Morgan fingerprint density at radius 1 is 1.75 bits per heavy atom. The van der Waals surface area contributed by atoms with Crippen molar-refractivity contribution in [3.63, 3.8) is 0 Å². The van der Waals surface area contributed by atoms with Crippen molar-refractivity contribution in [3.8, 4) is 0 Å². The molecule has 0 aliphatic carbocycles. The zero-order valence-electron chi connectivity index (χ0n) is 7.12. The van der Waals surface area contributed by atoms with Crippen LogP contribution in [-0.2, 0) is 0 Å². The van der Waals surface area contributed by atoms with Gasteiger partial charge in [0.25, 0.3) is 0 Å². The second-order valence-electron chi connectivity index (χ2n) is 2.81. The minimum Gasteiger partial charge on any atom is -0.326 e. The van der Waals surface area contributed by atoms with Crippen LogP contribution < -0.4 is 0 Å². The highest BCUT2D eigenvalue weighted by molar-refractivity contribution is 6.29. The summed E-state index contributed by atoms with van der Waals surface area (Å²) in [6.07, 6.45) is 3.39. The molecule has 0 bridgehead atoms. The van der Waals surface area contributed by atoms with Gasteiger partial charge in [-0.25, -0.2) is 4.98 Å². The molecular formula is C8H11ClN2O. The van der Waals surface area contributed by atoms with Gasteiger partial charge in [0.05, 0.1) is 5.88 Å². The zero-order valence-corrected chi connectivity index (χ0v) is 7.88. The van der Waals surface area contributed by atoms with Crippen molar-refractivity contribution in [2.45, 2.75) is 19.9 Å². The Kier molecular flexibility index (Phi) is 2.87. The quantitative estimate of drug-likeness (QED) is 0.534. The van der Waals surface area contributed by atoms with Gasteiger partial charge in [0.15, 0.2) is 5.82 Å². The topological polar surface area (TPSA) is 34.9 Å². The van der Waals surface area contributed by atoms with Gasteiger partial charge in [-0.1, -0.05) is 0 Å². The van der Waals surface area contributed by atoms with E-state index in [2.05, 4.69) is 4.98 Å². The molecule has 1 aromatic rings. The van der Waals surface area contributed by atoms with Crippen LogP contribution >= 0.6 is 11.6 Å². The van der Waals surface area contributed by atoms with Crippen LogP contribution in [-0.4, -0.2) is 21.2 Å². The van der Waals surface area contributed by atoms with Gasteiger partial charge in [0.2, 0.25) is 5.78 Å². The molecule has 0 amide bonds. The smallest absolute Gasteiger partial charge is 0.212 e. The number of carbonyl (C=O) groups excluding carboxylic acids is 1. The number of hydrogen-bond acceptors (Lipinski definition) is 2.